The number of nitrogens with zero attached hydrogens (tertiary/aromatic N) is 1. The third-order valence-electron chi connectivity index (χ3n) is 5.01. The van der Waals surface area contributed by atoms with E-state index in [0.717, 1.165) is 28.3 Å². The number of alkyl halides is 3. The standard InChI is InChI=1S/C21H21F3N2O3/c1-20(11-10-14-6-8-17(29-2)9-7-14)18(27)26(19(28)25-20)13-15-4-3-5-16(12-15)21(22,23)24/h3-9,12H,10-11,13H2,1-2H3,(H,25,28). The van der Waals surface area contributed by atoms with Crippen molar-refractivity contribution in [3.05, 3.63) is 65.2 Å². The SMILES string of the molecule is COc1ccc(CCC2(C)NC(=O)N(Cc3cccc(C(F)(F)F)c3)C2=O)cc1. The highest BCUT2D eigenvalue weighted by molar-refractivity contribution is 6.06. The molecule has 2 aromatic carbocycles. The lowest BCUT2D eigenvalue weighted by atomic mass is 9.93. The Bertz CT molecular complexity index is 912. The van der Waals surface area contributed by atoms with Crippen molar-refractivity contribution in [3.63, 3.8) is 0 Å². The first-order chi connectivity index (χ1) is 13.6. The zero-order valence-corrected chi connectivity index (χ0v) is 16.0. The lowest BCUT2D eigenvalue weighted by Gasteiger charge is -2.22. The molecule has 1 fully saturated rings. The second kappa shape index (κ2) is 7.77. The highest BCUT2D eigenvalue weighted by Gasteiger charge is 2.47. The molecule has 5 nitrogen and oxygen atoms in total. The van der Waals surface area contributed by atoms with Crippen LogP contribution in [0.4, 0.5) is 18.0 Å². The van der Waals surface area contributed by atoms with E-state index in [9.17, 15) is 22.8 Å². The van der Waals surface area contributed by atoms with Gasteiger partial charge in [-0.15, -0.1) is 0 Å². The normalized spacial score (nSPS) is 19.4. The molecule has 3 amide bonds. The first kappa shape index (κ1) is 20.7. The fraction of sp³-hybridized carbons (Fsp3) is 0.333. The van der Waals surface area contributed by atoms with Crippen LogP contribution in [0.2, 0.25) is 0 Å². The van der Waals surface area contributed by atoms with Gasteiger partial charge in [-0.2, -0.15) is 13.2 Å². The Morgan fingerprint density at radius 2 is 1.76 bits per heavy atom. The van der Waals surface area contributed by atoms with Crippen LogP contribution in [0.1, 0.15) is 30.0 Å². The summed E-state index contributed by atoms with van der Waals surface area (Å²) in [6, 6.07) is 11.4. The fourth-order valence-corrected chi connectivity index (χ4v) is 3.28. The maximum Gasteiger partial charge on any atom is 0.416 e. The lowest BCUT2D eigenvalue weighted by Crippen LogP contribution is -2.44. The van der Waals surface area contributed by atoms with E-state index >= 15 is 0 Å². The molecule has 1 aliphatic heterocycles. The van der Waals surface area contributed by atoms with Crippen molar-refractivity contribution in [2.24, 2.45) is 0 Å². The summed E-state index contributed by atoms with van der Waals surface area (Å²) in [6.45, 7) is 1.41. The summed E-state index contributed by atoms with van der Waals surface area (Å²) in [5.41, 5.74) is -0.712. The third-order valence-corrected chi connectivity index (χ3v) is 5.01. The highest BCUT2D eigenvalue weighted by atomic mass is 19.4. The van der Waals surface area contributed by atoms with Crippen LogP contribution in [0.15, 0.2) is 48.5 Å². The summed E-state index contributed by atoms with van der Waals surface area (Å²) in [5, 5.41) is 2.68. The van der Waals surface area contributed by atoms with E-state index < -0.39 is 29.2 Å². The summed E-state index contributed by atoms with van der Waals surface area (Å²) in [7, 11) is 1.57. The average molecular weight is 406 g/mol. The van der Waals surface area contributed by atoms with Crippen molar-refractivity contribution >= 4 is 11.9 Å². The molecule has 1 saturated heterocycles. The van der Waals surface area contributed by atoms with Gasteiger partial charge in [-0.05, 0) is 55.2 Å². The summed E-state index contributed by atoms with van der Waals surface area (Å²) in [6.07, 6.45) is -3.58. The van der Waals surface area contributed by atoms with Gasteiger partial charge in [0.05, 0.1) is 19.2 Å². The molecule has 0 radical (unpaired) electrons. The molecule has 1 N–H and O–H groups in total. The molecule has 8 heteroatoms. The molecule has 0 saturated carbocycles. The van der Waals surface area contributed by atoms with Gasteiger partial charge in [0.1, 0.15) is 11.3 Å². The highest BCUT2D eigenvalue weighted by Crippen LogP contribution is 2.31. The smallest absolute Gasteiger partial charge is 0.416 e. The number of urea groups is 1. The number of hydrogen-bond donors (Lipinski definition) is 1. The molecule has 0 aromatic heterocycles. The molecule has 1 unspecified atom stereocenters. The van der Waals surface area contributed by atoms with Crippen LogP contribution in [-0.4, -0.2) is 29.5 Å². The Labute approximate surface area is 166 Å². The molecule has 0 spiro atoms. The van der Waals surface area contributed by atoms with Crippen LogP contribution < -0.4 is 10.1 Å². The van der Waals surface area contributed by atoms with Crippen molar-refractivity contribution in [1.82, 2.24) is 10.2 Å². The minimum Gasteiger partial charge on any atom is -0.497 e. The molecule has 3 rings (SSSR count). The molecular formula is C21H21F3N2O3. The Balaban J connectivity index is 1.69. The third kappa shape index (κ3) is 4.52. The number of methoxy groups -OCH3 is 1. The number of imide groups is 1. The van der Waals surface area contributed by atoms with E-state index in [1.54, 1.807) is 14.0 Å². The van der Waals surface area contributed by atoms with E-state index in [1.807, 2.05) is 24.3 Å². The van der Waals surface area contributed by atoms with Gasteiger partial charge in [-0.25, -0.2) is 4.79 Å². The maximum atomic E-state index is 12.9. The molecular weight excluding hydrogens is 385 g/mol. The van der Waals surface area contributed by atoms with Crippen LogP contribution >= 0.6 is 0 Å². The molecule has 1 aliphatic rings. The molecule has 0 bridgehead atoms. The monoisotopic (exact) mass is 406 g/mol. The van der Waals surface area contributed by atoms with Crippen LogP contribution in [0.25, 0.3) is 0 Å². The number of hydrogen-bond acceptors (Lipinski definition) is 3. The van der Waals surface area contributed by atoms with Gasteiger partial charge in [-0.3, -0.25) is 9.69 Å². The molecule has 1 atom stereocenters. The predicted molar refractivity (Wildman–Crippen MR) is 100 cm³/mol. The van der Waals surface area contributed by atoms with Gasteiger partial charge in [-0.1, -0.05) is 24.3 Å². The van der Waals surface area contributed by atoms with Gasteiger partial charge in [0, 0.05) is 0 Å². The molecule has 1 heterocycles. The van der Waals surface area contributed by atoms with E-state index in [-0.39, 0.29) is 12.1 Å². The largest absolute Gasteiger partial charge is 0.497 e. The minimum atomic E-state index is -4.49. The van der Waals surface area contributed by atoms with Crippen molar-refractivity contribution in [1.29, 1.82) is 0 Å². The van der Waals surface area contributed by atoms with Crippen molar-refractivity contribution in [3.8, 4) is 5.75 Å². The number of ether oxygens (including phenoxy) is 1. The Morgan fingerprint density at radius 3 is 2.38 bits per heavy atom. The Kier molecular flexibility index (Phi) is 5.55. The number of halogens is 3. The van der Waals surface area contributed by atoms with Gasteiger partial charge in [0.2, 0.25) is 0 Å². The second-order valence-corrected chi connectivity index (χ2v) is 7.20. The van der Waals surface area contributed by atoms with Crippen molar-refractivity contribution < 1.29 is 27.5 Å². The first-order valence-electron chi connectivity index (χ1n) is 9.05. The lowest BCUT2D eigenvalue weighted by molar-refractivity contribution is -0.137. The molecule has 29 heavy (non-hydrogen) atoms. The van der Waals surface area contributed by atoms with E-state index in [0.29, 0.717) is 12.8 Å². The number of aryl methyl sites for hydroxylation is 1. The fourth-order valence-electron chi connectivity index (χ4n) is 3.28. The Morgan fingerprint density at radius 1 is 1.07 bits per heavy atom. The predicted octanol–water partition coefficient (Wildman–Crippen LogP) is 4.16. The van der Waals surface area contributed by atoms with Crippen LogP contribution in [0.3, 0.4) is 0 Å². The van der Waals surface area contributed by atoms with Gasteiger partial charge in [0.25, 0.3) is 5.91 Å². The van der Waals surface area contributed by atoms with Crippen LogP contribution in [-0.2, 0) is 23.9 Å². The molecule has 154 valence electrons. The van der Waals surface area contributed by atoms with E-state index in [4.69, 9.17) is 4.74 Å². The molecule has 2 aromatic rings. The van der Waals surface area contributed by atoms with E-state index in [1.165, 1.54) is 12.1 Å². The average Bonchev–Trinajstić information content (AvgIpc) is 2.90. The summed E-state index contributed by atoms with van der Waals surface area (Å²) < 4.78 is 43.8. The van der Waals surface area contributed by atoms with Gasteiger partial charge in [0.15, 0.2) is 0 Å². The molecule has 0 aliphatic carbocycles. The number of amides is 3. The zero-order valence-electron chi connectivity index (χ0n) is 16.0. The summed E-state index contributed by atoms with van der Waals surface area (Å²) in [5.74, 6) is 0.269. The number of rotatable bonds is 6. The minimum absolute atomic E-state index is 0.216. The summed E-state index contributed by atoms with van der Waals surface area (Å²) in [4.78, 5) is 26.1. The van der Waals surface area contributed by atoms with Crippen LogP contribution in [0.5, 0.6) is 5.75 Å². The van der Waals surface area contributed by atoms with Crippen molar-refractivity contribution in [2.75, 3.05) is 7.11 Å². The number of benzene rings is 2. The van der Waals surface area contributed by atoms with Gasteiger partial charge >= 0.3 is 12.2 Å². The van der Waals surface area contributed by atoms with Crippen molar-refractivity contribution in [2.45, 2.75) is 38.0 Å². The quantitative estimate of drug-likeness (QED) is 0.733. The van der Waals surface area contributed by atoms with Gasteiger partial charge < -0.3 is 10.1 Å². The maximum absolute atomic E-state index is 12.9. The number of carbonyl (C=O) groups is 2. The number of nitrogens with one attached hydrogen (secondary N) is 1. The van der Waals surface area contributed by atoms with E-state index in [2.05, 4.69) is 5.32 Å². The van der Waals surface area contributed by atoms with Crippen LogP contribution in [0, 0.1) is 0 Å². The second-order valence-electron chi connectivity index (χ2n) is 7.20. The first-order valence-corrected chi connectivity index (χ1v) is 9.05. The number of carbonyl (C=O) groups excluding carboxylic acids is 2. The Hall–Kier alpha value is -3.03. The summed E-state index contributed by atoms with van der Waals surface area (Å²) >= 11 is 0. The zero-order chi connectivity index (χ0) is 21.2. The topological polar surface area (TPSA) is 58.6 Å².